The van der Waals surface area contributed by atoms with Gasteiger partial charge < -0.3 is 10.2 Å². The molecule has 0 saturated heterocycles. The molecule has 0 spiro atoms. The molecule has 1 aromatic rings. The molecule has 0 bridgehead atoms. The zero-order valence-corrected chi connectivity index (χ0v) is 13.8. The monoisotopic (exact) mass is 293 g/mol. The van der Waals surface area contributed by atoms with Crippen molar-refractivity contribution in [1.29, 1.82) is 0 Å². The number of thiazole rings is 1. The zero-order valence-electron chi connectivity index (χ0n) is 13.0. The largest absolute Gasteiger partial charge is 0.351 e. The van der Waals surface area contributed by atoms with E-state index in [1.165, 1.54) is 47.8 Å². The average molecular weight is 293 g/mol. The van der Waals surface area contributed by atoms with Crippen LogP contribution in [0.15, 0.2) is 0 Å². The molecule has 2 aliphatic rings. The molecule has 2 saturated carbocycles. The van der Waals surface area contributed by atoms with Crippen LogP contribution in [0.5, 0.6) is 0 Å². The fourth-order valence-electron chi connectivity index (χ4n) is 2.39. The van der Waals surface area contributed by atoms with Crippen LogP contribution in [-0.4, -0.2) is 24.6 Å². The molecule has 0 amide bonds. The van der Waals surface area contributed by atoms with Crippen LogP contribution in [-0.2, 0) is 6.54 Å². The fourth-order valence-corrected chi connectivity index (χ4v) is 3.47. The molecule has 0 aliphatic heterocycles. The molecule has 20 heavy (non-hydrogen) atoms. The Kier molecular flexibility index (Phi) is 4.32. The third kappa shape index (κ3) is 3.73. The summed E-state index contributed by atoms with van der Waals surface area (Å²) < 4.78 is 0. The molecule has 2 fully saturated rings. The lowest BCUT2D eigenvalue weighted by Gasteiger charge is -2.16. The van der Waals surface area contributed by atoms with Crippen molar-refractivity contribution in [3.8, 4) is 0 Å². The second-order valence-corrected chi connectivity index (χ2v) is 7.90. The number of hydrogen-bond acceptors (Lipinski definition) is 4. The number of aromatic nitrogens is 1. The lowest BCUT2D eigenvalue weighted by molar-refractivity contribution is 0.584. The van der Waals surface area contributed by atoms with E-state index in [0.29, 0.717) is 0 Å². The summed E-state index contributed by atoms with van der Waals surface area (Å²) in [6.07, 6.45) is 6.65. The van der Waals surface area contributed by atoms with E-state index in [1.807, 2.05) is 11.3 Å². The van der Waals surface area contributed by atoms with Crippen LogP contribution < -0.4 is 10.2 Å². The highest BCUT2D eigenvalue weighted by Crippen LogP contribution is 2.44. The summed E-state index contributed by atoms with van der Waals surface area (Å²) in [6.45, 7) is 6.73. The van der Waals surface area contributed by atoms with E-state index in [-0.39, 0.29) is 0 Å². The van der Waals surface area contributed by atoms with Gasteiger partial charge in [-0.25, -0.2) is 4.98 Å². The van der Waals surface area contributed by atoms with Gasteiger partial charge in [0.1, 0.15) is 0 Å². The first-order valence-corrected chi connectivity index (χ1v) is 8.89. The van der Waals surface area contributed by atoms with Gasteiger partial charge in [0.05, 0.1) is 5.69 Å². The lowest BCUT2D eigenvalue weighted by Crippen LogP contribution is -2.19. The Morgan fingerprint density at radius 2 is 2.05 bits per heavy atom. The second-order valence-electron chi connectivity index (χ2n) is 6.84. The Morgan fingerprint density at radius 3 is 2.65 bits per heavy atom. The number of hydrogen-bond donors (Lipinski definition) is 1. The molecule has 0 aromatic carbocycles. The van der Waals surface area contributed by atoms with E-state index in [2.05, 4.69) is 31.1 Å². The van der Waals surface area contributed by atoms with Crippen LogP contribution in [0.2, 0.25) is 0 Å². The summed E-state index contributed by atoms with van der Waals surface area (Å²) in [5.41, 5.74) is 1.40. The Labute approximate surface area is 126 Å². The number of anilines is 1. The zero-order chi connectivity index (χ0) is 14.1. The van der Waals surface area contributed by atoms with Crippen molar-refractivity contribution in [2.75, 3.05) is 18.5 Å². The number of nitrogens with zero attached hydrogens (tertiary/aromatic N) is 2. The highest BCUT2D eigenvalue weighted by Gasteiger charge is 2.31. The summed E-state index contributed by atoms with van der Waals surface area (Å²) in [5.74, 6) is 1.52. The van der Waals surface area contributed by atoms with Crippen molar-refractivity contribution in [3.63, 3.8) is 0 Å². The standard InChI is InChI=1S/C16H27N3S/c1-11(2)8-9-19(3)16-18-15(12-4-5-12)14(20-16)10-17-13-6-7-13/h11-13,17H,4-10H2,1-3H3. The van der Waals surface area contributed by atoms with Crippen molar-refractivity contribution in [1.82, 2.24) is 10.3 Å². The van der Waals surface area contributed by atoms with Crippen LogP contribution >= 0.6 is 11.3 Å². The molecule has 3 nitrogen and oxygen atoms in total. The molecule has 0 radical (unpaired) electrons. The molecule has 0 unspecified atom stereocenters. The first-order valence-electron chi connectivity index (χ1n) is 8.07. The molecular formula is C16H27N3S. The minimum Gasteiger partial charge on any atom is -0.351 e. The first kappa shape index (κ1) is 14.3. The Morgan fingerprint density at radius 1 is 1.30 bits per heavy atom. The quantitative estimate of drug-likeness (QED) is 0.791. The maximum Gasteiger partial charge on any atom is 0.185 e. The summed E-state index contributed by atoms with van der Waals surface area (Å²) in [7, 11) is 2.19. The average Bonchev–Trinajstić information content (AvgIpc) is 3.32. The molecule has 1 N–H and O–H groups in total. The molecule has 3 rings (SSSR count). The van der Waals surface area contributed by atoms with Gasteiger partial charge in [0.2, 0.25) is 0 Å². The highest BCUT2D eigenvalue weighted by atomic mass is 32.1. The minimum absolute atomic E-state index is 0.759. The van der Waals surface area contributed by atoms with Crippen molar-refractivity contribution in [2.45, 2.75) is 64.5 Å². The van der Waals surface area contributed by atoms with Crippen LogP contribution in [0.25, 0.3) is 0 Å². The van der Waals surface area contributed by atoms with E-state index in [9.17, 15) is 0 Å². The number of nitrogens with one attached hydrogen (secondary N) is 1. The Bertz CT molecular complexity index is 447. The van der Waals surface area contributed by atoms with Crippen molar-refractivity contribution < 1.29 is 0 Å². The molecule has 1 aromatic heterocycles. The van der Waals surface area contributed by atoms with Gasteiger partial charge in [0.25, 0.3) is 0 Å². The van der Waals surface area contributed by atoms with Crippen LogP contribution in [0.4, 0.5) is 5.13 Å². The Balaban J connectivity index is 1.65. The predicted molar refractivity (Wildman–Crippen MR) is 86.7 cm³/mol. The normalized spacial score (nSPS) is 18.8. The van der Waals surface area contributed by atoms with Gasteiger partial charge in [-0.2, -0.15) is 0 Å². The smallest absolute Gasteiger partial charge is 0.185 e. The van der Waals surface area contributed by atoms with Gasteiger partial charge in [0, 0.05) is 37.0 Å². The molecule has 0 atom stereocenters. The SMILES string of the molecule is CC(C)CCN(C)c1nc(C2CC2)c(CNC2CC2)s1. The third-order valence-corrected chi connectivity index (χ3v) is 5.36. The molecular weight excluding hydrogens is 266 g/mol. The second kappa shape index (κ2) is 6.02. The van der Waals surface area contributed by atoms with E-state index in [1.54, 1.807) is 0 Å². The summed E-state index contributed by atoms with van der Waals surface area (Å²) in [4.78, 5) is 8.79. The van der Waals surface area contributed by atoms with Crippen molar-refractivity contribution >= 4 is 16.5 Å². The Hall–Kier alpha value is -0.610. The highest BCUT2D eigenvalue weighted by molar-refractivity contribution is 7.15. The fraction of sp³-hybridized carbons (Fsp3) is 0.812. The topological polar surface area (TPSA) is 28.2 Å². The van der Waals surface area contributed by atoms with Crippen LogP contribution in [0.3, 0.4) is 0 Å². The van der Waals surface area contributed by atoms with Gasteiger partial charge in [0.15, 0.2) is 5.13 Å². The summed E-state index contributed by atoms with van der Waals surface area (Å²) in [5, 5.41) is 4.87. The molecule has 1 heterocycles. The maximum absolute atomic E-state index is 4.95. The summed E-state index contributed by atoms with van der Waals surface area (Å²) in [6, 6.07) is 0.784. The van der Waals surface area contributed by atoms with Crippen LogP contribution in [0.1, 0.15) is 62.4 Å². The summed E-state index contributed by atoms with van der Waals surface area (Å²) >= 11 is 1.91. The minimum atomic E-state index is 0.759. The lowest BCUT2D eigenvalue weighted by atomic mass is 10.1. The van der Waals surface area contributed by atoms with Gasteiger partial charge in [-0.05, 0) is 38.0 Å². The van der Waals surface area contributed by atoms with E-state index >= 15 is 0 Å². The predicted octanol–water partition coefficient (Wildman–Crippen LogP) is 3.75. The molecule has 2 aliphatic carbocycles. The van der Waals surface area contributed by atoms with Gasteiger partial charge in [-0.1, -0.05) is 13.8 Å². The number of rotatable bonds is 8. The third-order valence-electron chi connectivity index (χ3n) is 4.18. The molecule has 112 valence electrons. The van der Waals surface area contributed by atoms with Gasteiger partial charge >= 0.3 is 0 Å². The van der Waals surface area contributed by atoms with E-state index in [4.69, 9.17) is 4.98 Å². The van der Waals surface area contributed by atoms with E-state index in [0.717, 1.165) is 31.0 Å². The molecule has 4 heteroatoms. The van der Waals surface area contributed by atoms with Gasteiger partial charge in [-0.15, -0.1) is 11.3 Å². The van der Waals surface area contributed by atoms with Crippen molar-refractivity contribution in [3.05, 3.63) is 10.6 Å². The van der Waals surface area contributed by atoms with E-state index < -0.39 is 0 Å². The van der Waals surface area contributed by atoms with Gasteiger partial charge in [-0.3, -0.25) is 0 Å². The van der Waals surface area contributed by atoms with Crippen molar-refractivity contribution in [2.24, 2.45) is 5.92 Å². The first-order chi connectivity index (χ1) is 9.63. The maximum atomic E-state index is 4.95. The van der Waals surface area contributed by atoms with Crippen LogP contribution in [0, 0.1) is 5.92 Å².